The van der Waals surface area contributed by atoms with Crippen LogP contribution < -0.4 is 0 Å². The van der Waals surface area contributed by atoms with Gasteiger partial charge in [0.05, 0.1) is 13.2 Å². The normalized spacial score (nSPS) is 10.8. The minimum absolute atomic E-state index is 0.171. The maximum absolute atomic E-state index is 10.5. The predicted octanol–water partition coefficient (Wildman–Crippen LogP) is 12.8. The van der Waals surface area contributed by atoms with Crippen molar-refractivity contribution in [2.75, 3.05) is 46.6 Å². The third kappa shape index (κ3) is 53.2. The van der Waals surface area contributed by atoms with Crippen LogP contribution in [0.5, 0.6) is 0 Å². The lowest BCUT2D eigenvalue weighted by molar-refractivity contribution is -0.134. The first-order chi connectivity index (χ1) is 25.6. The van der Waals surface area contributed by atoms with Gasteiger partial charge >= 0.3 is 0 Å². The van der Waals surface area contributed by atoms with Crippen LogP contribution >= 0.6 is 0 Å². The lowest BCUT2D eigenvalue weighted by atomic mass is 10.0. The summed E-state index contributed by atoms with van der Waals surface area (Å²) in [6.45, 7) is 15.0. The van der Waals surface area contributed by atoms with E-state index in [0.29, 0.717) is 26.2 Å². The lowest BCUT2D eigenvalue weighted by Gasteiger charge is -2.21. The lowest BCUT2D eigenvalue weighted by Crippen LogP contribution is -2.29. The molecule has 0 aromatic heterocycles. The fraction of sp³-hybridized carbons (Fsp3) is 0.956. The van der Waals surface area contributed by atoms with Crippen LogP contribution in [0.25, 0.3) is 0 Å². The van der Waals surface area contributed by atoms with E-state index >= 15 is 0 Å². The summed E-state index contributed by atoms with van der Waals surface area (Å²) in [4.78, 5) is 22.7. The Kier molecular flexibility index (Phi) is 57.5. The van der Waals surface area contributed by atoms with Crippen molar-refractivity contribution in [1.82, 2.24) is 4.90 Å². The number of carbonyl (C=O) groups is 2. The summed E-state index contributed by atoms with van der Waals surface area (Å²) < 4.78 is 14.9. The maximum atomic E-state index is 10.5. The van der Waals surface area contributed by atoms with Gasteiger partial charge in [-0.05, 0) is 64.5 Å². The Hall–Kier alpha value is -1.18. The van der Waals surface area contributed by atoms with Gasteiger partial charge in [0.2, 0.25) is 0 Å². The van der Waals surface area contributed by atoms with Crippen LogP contribution in [-0.2, 0) is 23.8 Å². The molecule has 0 heterocycles. The molecule has 0 aromatic carbocycles. The van der Waals surface area contributed by atoms with E-state index in [4.69, 9.17) is 14.6 Å². The molecule has 0 unspecified atom stereocenters. The molecule has 0 aliphatic heterocycles. The smallest absolute Gasteiger partial charge is 0.293 e. The molecule has 0 aliphatic rings. The maximum Gasteiger partial charge on any atom is 0.293 e. The topological polar surface area (TPSA) is 85.3 Å². The minimum Gasteiger partial charge on any atom is -0.468 e. The average molecular weight is 744 g/mol. The molecule has 0 aromatic rings. The van der Waals surface area contributed by atoms with Crippen molar-refractivity contribution in [2.45, 2.75) is 233 Å². The van der Waals surface area contributed by atoms with Crippen LogP contribution in [0.15, 0.2) is 0 Å². The van der Waals surface area contributed by atoms with Gasteiger partial charge in [-0.1, -0.05) is 175 Å². The molecule has 1 N–H and O–H groups in total. The molecule has 0 fully saturated rings. The molecule has 0 radical (unpaired) electrons. The fourth-order valence-corrected chi connectivity index (χ4v) is 6.38. The van der Waals surface area contributed by atoms with Crippen molar-refractivity contribution in [3.8, 4) is 0 Å². The number of hydrogen-bond donors (Lipinski definition) is 1. The van der Waals surface area contributed by atoms with Crippen molar-refractivity contribution in [3.05, 3.63) is 0 Å². The van der Waals surface area contributed by atoms with Crippen LogP contribution in [0.1, 0.15) is 227 Å². The minimum atomic E-state index is 0.171. The van der Waals surface area contributed by atoms with Gasteiger partial charge in [0.25, 0.3) is 12.9 Å². The predicted molar refractivity (Wildman–Crippen MR) is 224 cm³/mol. The van der Waals surface area contributed by atoms with Gasteiger partial charge in [-0.15, -0.1) is 0 Å². The zero-order chi connectivity index (χ0) is 38.9. The molecule has 7 heteroatoms. The summed E-state index contributed by atoms with van der Waals surface area (Å²) in [7, 11) is 1.77. The Bertz CT molecular complexity index is 591. The Morgan fingerprint density at radius 2 is 0.827 bits per heavy atom. The highest BCUT2D eigenvalue weighted by Gasteiger charge is 2.09. The standard InChI is InChI=1S/C18H36O2.C17H37NO2.C10H20O2/c1-3-5-7-9-11-13-15-18(20-17-19)16-14-12-10-8-6-4-2;1-3-4-5-6-7-10-13-18(15-16-19)14-11-8-9-12-17-20-2;1-2-3-4-5-6-7-8-9-12-10-11/h17-18H,3-16H2,1-2H3;19H,3-17H2,1-2H3;10H,2-9H2,1H3. The number of ether oxygens (including phenoxy) is 3. The molecule has 0 amide bonds. The van der Waals surface area contributed by atoms with Gasteiger partial charge in [-0.2, -0.15) is 0 Å². The Labute approximate surface area is 325 Å². The van der Waals surface area contributed by atoms with E-state index in [0.717, 1.165) is 45.5 Å². The van der Waals surface area contributed by atoms with Crippen LogP contribution in [0.4, 0.5) is 0 Å². The monoisotopic (exact) mass is 744 g/mol. The highest BCUT2D eigenvalue weighted by Crippen LogP contribution is 2.16. The molecule has 7 nitrogen and oxygen atoms in total. The second-order valence-corrected chi connectivity index (χ2v) is 14.8. The number of rotatable bonds is 41. The number of aliphatic hydroxyl groups excluding tert-OH is 1. The highest BCUT2D eigenvalue weighted by molar-refractivity contribution is 5.37. The second kappa shape index (κ2) is 54.2. The van der Waals surface area contributed by atoms with Crippen molar-refractivity contribution in [2.24, 2.45) is 0 Å². The van der Waals surface area contributed by atoms with Gasteiger partial charge in [0.15, 0.2) is 0 Å². The molecule has 0 spiro atoms. The first kappa shape index (κ1) is 55.2. The van der Waals surface area contributed by atoms with Crippen LogP contribution in [-0.4, -0.2) is 75.6 Å². The molecule has 0 atom stereocenters. The average Bonchev–Trinajstić information content (AvgIpc) is 3.15. The molecule has 314 valence electrons. The van der Waals surface area contributed by atoms with Crippen LogP contribution in [0.3, 0.4) is 0 Å². The number of methoxy groups -OCH3 is 1. The third-order valence-electron chi connectivity index (χ3n) is 9.76. The number of carbonyl (C=O) groups excluding carboxylic acids is 2. The molecule has 0 rings (SSSR count). The SMILES string of the molecule is CCCCCCCCC(CCCCCCCC)OC=O.CCCCCCCCCOC=O.CCCCCCCCN(CCO)CCCCCCOC. The van der Waals surface area contributed by atoms with Crippen molar-refractivity contribution in [1.29, 1.82) is 0 Å². The van der Waals surface area contributed by atoms with E-state index in [1.165, 1.54) is 180 Å². The van der Waals surface area contributed by atoms with Gasteiger partial charge in [0, 0.05) is 20.3 Å². The summed E-state index contributed by atoms with van der Waals surface area (Å²) in [6, 6.07) is 0. The molecular weight excluding hydrogens is 650 g/mol. The highest BCUT2D eigenvalue weighted by atomic mass is 16.5. The Morgan fingerprint density at radius 3 is 1.19 bits per heavy atom. The van der Waals surface area contributed by atoms with Gasteiger partial charge in [0.1, 0.15) is 6.10 Å². The second-order valence-electron chi connectivity index (χ2n) is 14.8. The fourth-order valence-electron chi connectivity index (χ4n) is 6.38. The first-order valence-corrected chi connectivity index (χ1v) is 22.6. The number of aliphatic hydroxyl groups is 1. The van der Waals surface area contributed by atoms with E-state index in [9.17, 15) is 9.59 Å². The van der Waals surface area contributed by atoms with E-state index in [-0.39, 0.29) is 6.10 Å². The summed E-state index contributed by atoms with van der Waals surface area (Å²) in [5.74, 6) is 0. The molecular formula is C45H93NO6. The number of hydrogen-bond acceptors (Lipinski definition) is 7. The zero-order valence-electron chi connectivity index (χ0n) is 35.8. The van der Waals surface area contributed by atoms with E-state index in [1.807, 2.05) is 0 Å². The van der Waals surface area contributed by atoms with Crippen LogP contribution in [0.2, 0.25) is 0 Å². The van der Waals surface area contributed by atoms with Crippen LogP contribution in [0, 0.1) is 0 Å². The van der Waals surface area contributed by atoms with Gasteiger partial charge in [-0.3, -0.25) is 9.59 Å². The summed E-state index contributed by atoms with van der Waals surface area (Å²) in [5, 5.41) is 9.12. The Morgan fingerprint density at radius 1 is 0.462 bits per heavy atom. The molecule has 0 aliphatic carbocycles. The van der Waals surface area contributed by atoms with Crippen molar-refractivity contribution in [3.63, 3.8) is 0 Å². The molecule has 52 heavy (non-hydrogen) atoms. The van der Waals surface area contributed by atoms with E-state index in [2.05, 4.69) is 37.3 Å². The third-order valence-corrected chi connectivity index (χ3v) is 9.76. The van der Waals surface area contributed by atoms with Crippen molar-refractivity contribution < 1.29 is 28.9 Å². The largest absolute Gasteiger partial charge is 0.468 e. The molecule has 0 bridgehead atoms. The van der Waals surface area contributed by atoms with E-state index in [1.54, 1.807) is 7.11 Å². The quantitative estimate of drug-likeness (QED) is 0.0493. The summed E-state index contributed by atoms with van der Waals surface area (Å²) in [6.07, 6.45) is 39.8. The first-order valence-electron chi connectivity index (χ1n) is 22.6. The Balaban J connectivity index is -0.000000717. The van der Waals surface area contributed by atoms with Gasteiger partial charge in [-0.25, -0.2) is 0 Å². The van der Waals surface area contributed by atoms with Crippen molar-refractivity contribution >= 4 is 12.9 Å². The number of nitrogens with zero attached hydrogens (tertiary/aromatic N) is 1. The summed E-state index contributed by atoms with van der Waals surface area (Å²) >= 11 is 0. The number of unbranched alkanes of at least 4 members (excludes halogenated alkanes) is 24. The summed E-state index contributed by atoms with van der Waals surface area (Å²) in [5.41, 5.74) is 0. The molecule has 0 saturated carbocycles. The molecule has 0 saturated heterocycles. The van der Waals surface area contributed by atoms with Gasteiger partial charge < -0.3 is 24.2 Å². The zero-order valence-corrected chi connectivity index (χ0v) is 35.8. The van der Waals surface area contributed by atoms with E-state index < -0.39 is 0 Å².